The number of primary amides is 1. The predicted molar refractivity (Wildman–Crippen MR) is 44.0 cm³/mol. The van der Waals surface area contributed by atoms with Gasteiger partial charge in [0.05, 0.1) is 12.6 Å². The van der Waals surface area contributed by atoms with Gasteiger partial charge in [-0.1, -0.05) is 0 Å². The summed E-state index contributed by atoms with van der Waals surface area (Å²) in [6.45, 7) is 0.969. The summed E-state index contributed by atoms with van der Waals surface area (Å²) in [4.78, 5) is 12.6. The zero-order valence-corrected chi connectivity index (χ0v) is 6.99. The highest BCUT2D eigenvalue weighted by molar-refractivity contribution is 5.76. The highest BCUT2D eigenvalue weighted by atomic mass is 16.1. The molecule has 1 saturated carbocycles. The molecular weight excluding hydrogens is 154 g/mol. The van der Waals surface area contributed by atoms with Crippen LogP contribution in [-0.2, 0) is 4.79 Å². The highest BCUT2D eigenvalue weighted by Crippen LogP contribution is 2.26. The minimum absolute atomic E-state index is 0.298. The van der Waals surface area contributed by atoms with Crippen LogP contribution >= 0.6 is 0 Å². The van der Waals surface area contributed by atoms with Gasteiger partial charge in [0.15, 0.2) is 0 Å². The standard InChI is InChI=1S/C8H13N3O/c9-4-1-5-11(6-8(10)12)7-2-3-7/h7H,1-3,5-6H2,(H2,10,12). The molecule has 4 heteroatoms. The minimum atomic E-state index is -0.306. The number of nitrogens with zero attached hydrogens (tertiary/aromatic N) is 2. The quantitative estimate of drug-likeness (QED) is 0.619. The van der Waals surface area contributed by atoms with Crippen LogP contribution in [0, 0.1) is 11.3 Å². The second-order valence-corrected chi connectivity index (χ2v) is 3.08. The molecular formula is C8H13N3O. The number of hydrogen-bond donors (Lipinski definition) is 1. The van der Waals surface area contributed by atoms with E-state index in [9.17, 15) is 4.79 Å². The summed E-state index contributed by atoms with van der Waals surface area (Å²) < 4.78 is 0. The van der Waals surface area contributed by atoms with Crippen molar-refractivity contribution in [1.82, 2.24) is 4.90 Å². The van der Waals surface area contributed by atoms with Crippen molar-refractivity contribution in [2.75, 3.05) is 13.1 Å². The molecule has 0 aliphatic heterocycles. The molecule has 0 spiro atoms. The summed E-state index contributed by atoms with van der Waals surface area (Å²) >= 11 is 0. The average molecular weight is 167 g/mol. The maximum atomic E-state index is 10.6. The van der Waals surface area contributed by atoms with E-state index in [-0.39, 0.29) is 5.91 Å². The average Bonchev–Trinajstić information content (AvgIpc) is 2.79. The molecule has 0 aromatic heterocycles. The topological polar surface area (TPSA) is 70.1 Å². The van der Waals surface area contributed by atoms with Gasteiger partial charge in [-0.3, -0.25) is 9.69 Å². The fourth-order valence-corrected chi connectivity index (χ4v) is 1.22. The van der Waals surface area contributed by atoms with Crippen LogP contribution in [0.25, 0.3) is 0 Å². The molecule has 2 N–H and O–H groups in total. The van der Waals surface area contributed by atoms with Crippen molar-refractivity contribution in [2.24, 2.45) is 5.73 Å². The second kappa shape index (κ2) is 4.07. The Bertz CT molecular complexity index is 205. The van der Waals surface area contributed by atoms with Crippen LogP contribution < -0.4 is 5.73 Å². The van der Waals surface area contributed by atoms with Crippen molar-refractivity contribution in [3.63, 3.8) is 0 Å². The molecule has 0 heterocycles. The molecule has 0 unspecified atom stereocenters. The van der Waals surface area contributed by atoms with Crippen LogP contribution in [0.2, 0.25) is 0 Å². The highest BCUT2D eigenvalue weighted by Gasteiger charge is 2.29. The van der Waals surface area contributed by atoms with Gasteiger partial charge in [-0.2, -0.15) is 5.26 Å². The van der Waals surface area contributed by atoms with Crippen LogP contribution in [0.3, 0.4) is 0 Å². The van der Waals surface area contributed by atoms with E-state index in [1.807, 2.05) is 4.90 Å². The molecule has 0 aromatic rings. The summed E-state index contributed by atoms with van der Waals surface area (Å²) in [7, 11) is 0. The van der Waals surface area contributed by atoms with Gasteiger partial charge in [0, 0.05) is 19.0 Å². The first-order valence-corrected chi connectivity index (χ1v) is 4.13. The van der Waals surface area contributed by atoms with Crippen molar-refractivity contribution in [2.45, 2.75) is 25.3 Å². The smallest absolute Gasteiger partial charge is 0.231 e. The third-order valence-corrected chi connectivity index (χ3v) is 1.93. The first kappa shape index (κ1) is 9.01. The lowest BCUT2D eigenvalue weighted by Gasteiger charge is -2.17. The van der Waals surface area contributed by atoms with E-state index in [1.54, 1.807) is 0 Å². The molecule has 1 amide bonds. The first-order valence-electron chi connectivity index (χ1n) is 4.13. The Morgan fingerprint density at radius 3 is 2.75 bits per heavy atom. The third kappa shape index (κ3) is 2.89. The number of nitrogens with two attached hydrogens (primary N) is 1. The summed E-state index contributed by atoms with van der Waals surface area (Å²) in [5, 5.41) is 8.36. The van der Waals surface area contributed by atoms with Crippen LogP contribution in [-0.4, -0.2) is 29.9 Å². The number of carbonyl (C=O) groups excluding carboxylic acids is 1. The normalized spacial score (nSPS) is 16.0. The van der Waals surface area contributed by atoms with Crippen LogP contribution in [0.4, 0.5) is 0 Å². The van der Waals surface area contributed by atoms with Crippen molar-refractivity contribution in [3.05, 3.63) is 0 Å². The molecule has 1 rings (SSSR count). The van der Waals surface area contributed by atoms with E-state index in [0.29, 0.717) is 25.6 Å². The summed E-state index contributed by atoms with van der Waals surface area (Å²) in [6.07, 6.45) is 2.75. The molecule has 0 atom stereocenters. The van der Waals surface area contributed by atoms with E-state index in [0.717, 1.165) is 12.8 Å². The Labute approximate surface area is 71.9 Å². The van der Waals surface area contributed by atoms with E-state index in [4.69, 9.17) is 11.0 Å². The van der Waals surface area contributed by atoms with Crippen molar-refractivity contribution in [1.29, 1.82) is 5.26 Å². The third-order valence-electron chi connectivity index (χ3n) is 1.93. The van der Waals surface area contributed by atoms with E-state index >= 15 is 0 Å². The zero-order valence-electron chi connectivity index (χ0n) is 6.99. The Hall–Kier alpha value is -1.08. The molecule has 0 radical (unpaired) electrons. The Balaban J connectivity index is 2.28. The van der Waals surface area contributed by atoms with Gasteiger partial charge in [0.1, 0.15) is 0 Å². The molecule has 0 saturated heterocycles. The molecule has 4 nitrogen and oxygen atoms in total. The lowest BCUT2D eigenvalue weighted by atomic mass is 10.3. The van der Waals surface area contributed by atoms with Crippen LogP contribution in [0.1, 0.15) is 19.3 Å². The minimum Gasteiger partial charge on any atom is -0.369 e. The number of amides is 1. The maximum absolute atomic E-state index is 10.6. The van der Waals surface area contributed by atoms with E-state index < -0.39 is 0 Å². The van der Waals surface area contributed by atoms with Gasteiger partial charge in [0.25, 0.3) is 0 Å². The molecule has 12 heavy (non-hydrogen) atoms. The first-order chi connectivity index (χ1) is 5.74. The summed E-state index contributed by atoms with van der Waals surface area (Å²) in [5.41, 5.74) is 5.07. The monoisotopic (exact) mass is 167 g/mol. The van der Waals surface area contributed by atoms with Crippen molar-refractivity contribution >= 4 is 5.91 Å². The van der Waals surface area contributed by atoms with Crippen molar-refractivity contribution in [3.8, 4) is 6.07 Å². The van der Waals surface area contributed by atoms with Gasteiger partial charge in [-0.15, -0.1) is 0 Å². The predicted octanol–water partition coefficient (Wildman–Crippen LogP) is -0.150. The van der Waals surface area contributed by atoms with Crippen LogP contribution in [0.5, 0.6) is 0 Å². The lowest BCUT2D eigenvalue weighted by molar-refractivity contribution is -0.119. The fraction of sp³-hybridized carbons (Fsp3) is 0.750. The second-order valence-electron chi connectivity index (χ2n) is 3.08. The number of hydrogen-bond acceptors (Lipinski definition) is 3. The Kier molecular flexibility index (Phi) is 3.06. The number of rotatable bonds is 5. The Morgan fingerprint density at radius 2 is 2.33 bits per heavy atom. The molecule has 0 aromatic carbocycles. The number of carbonyl (C=O) groups is 1. The van der Waals surface area contributed by atoms with Gasteiger partial charge in [-0.05, 0) is 12.8 Å². The van der Waals surface area contributed by atoms with Gasteiger partial charge in [-0.25, -0.2) is 0 Å². The SMILES string of the molecule is N#CCCN(CC(N)=O)C1CC1. The zero-order chi connectivity index (χ0) is 8.97. The molecule has 66 valence electrons. The molecule has 1 aliphatic rings. The molecule has 1 aliphatic carbocycles. The largest absolute Gasteiger partial charge is 0.369 e. The maximum Gasteiger partial charge on any atom is 0.231 e. The fourth-order valence-electron chi connectivity index (χ4n) is 1.22. The van der Waals surface area contributed by atoms with E-state index in [2.05, 4.69) is 6.07 Å². The lowest BCUT2D eigenvalue weighted by Crippen LogP contribution is -2.35. The Morgan fingerprint density at radius 1 is 1.67 bits per heavy atom. The van der Waals surface area contributed by atoms with E-state index in [1.165, 1.54) is 0 Å². The number of nitriles is 1. The van der Waals surface area contributed by atoms with Gasteiger partial charge in [0.2, 0.25) is 5.91 Å². The molecule has 0 bridgehead atoms. The summed E-state index contributed by atoms with van der Waals surface area (Å²) in [5.74, 6) is -0.306. The summed E-state index contributed by atoms with van der Waals surface area (Å²) in [6, 6.07) is 2.57. The van der Waals surface area contributed by atoms with Gasteiger partial charge < -0.3 is 5.73 Å². The van der Waals surface area contributed by atoms with Crippen LogP contribution in [0.15, 0.2) is 0 Å². The van der Waals surface area contributed by atoms with Crippen molar-refractivity contribution < 1.29 is 4.79 Å². The van der Waals surface area contributed by atoms with Gasteiger partial charge >= 0.3 is 0 Å². The molecule has 1 fully saturated rings.